The summed E-state index contributed by atoms with van der Waals surface area (Å²) in [6.45, 7) is 4.30. The Morgan fingerprint density at radius 3 is 2.37 bits per heavy atom. The molecule has 5 nitrogen and oxygen atoms in total. The van der Waals surface area contributed by atoms with Crippen molar-refractivity contribution in [3.05, 3.63) is 35.4 Å². The molecular weight excluding hydrogens is 357 g/mol. The molecule has 0 spiro atoms. The first-order valence-corrected chi connectivity index (χ1v) is 9.19. The quantitative estimate of drug-likeness (QED) is 0.452. The third kappa shape index (κ3) is 11.5. The third-order valence-electron chi connectivity index (χ3n) is 3.92. The third-order valence-corrected chi connectivity index (χ3v) is 3.92. The summed E-state index contributed by atoms with van der Waals surface area (Å²) in [7, 11) is 3.82. The van der Waals surface area contributed by atoms with Crippen molar-refractivity contribution < 1.29 is 17.9 Å². The molecule has 0 saturated carbocycles. The Morgan fingerprint density at radius 2 is 1.78 bits per heavy atom. The molecule has 1 rings (SSSR count). The highest BCUT2D eigenvalue weighted by Crippen LogP contribution is 2.15. The summed E-state index contributed by atoms with van der Waals surface area (Å²) in [5.74, 6) is 0.719. The molecule has 0 radical (unpaired) electrons. The van der Waals surface area contributed by atoms with Gasteiger partial charge in [-0.25, -0.2) is 0 Å². The average molecular weight is 388 g/mol. The molecule has 0 fully saturated rings. The van der Waals surface area contributed by atoms with Gasteiger partial charge in [-0.3, -0.25) is 4.99 Å². The minimum atomic E-state index is -4.29. The molecule has 0 bridgehead atoms. The van der Waals surface area contributed by atoms with Gasteiger partial charge in [0, 0.05) is 26.7 Å². The van der Waals surface area contributed by atoms with E-state index in [2.05, 4.69) is 39.2 Å². The minimum Gasteiger partial charge on any atom is -0.367 e. The van der Waals surface area contributed by atoms with Gasteiger partial charge in [-0.15, -0.1) is 0 Å². The zero-order chi connectivity index (χ0) is 20.1. The van der Waals surface area contributed by atoms with Gasteiger partial charge in [0.05, 0.1) is 6.61 Å². The van der Waals surface area contributed by atoms with E-state index in [0.29, 0.717) is 12.1 Å². The van der Waals surface area contributed by atoms with Gasteiger partial charge >= 0.3 is 6.18 Å². The number of rotatable bonds is 11. The zero-order valence-corrected chi connectivity index (χ0v) is 16.4. The smallest absolute Gasteiger partial charge is 0.367 e. The van der Waals surface area contributed by atoms with Crippen molar-refractivity contribution >= 4 is 5.96 Å². The second-order valence-corrected chi connectivity index (χ2v) is 6.43. The minimum absolute atomic E-state index is 0.0536. The zero-order valence-electron chi connectivity index (χ0n) is 16.4. The van der Waals surface area contributed by atoms with Crippen molar-refractivity contribution in [3.63, 3.8) is 0 Å². The number of hydrogen-bond donors (Lipinski definition) is 2. The van der Waals surface area contributed by atoms with Crippen molar-refractivity contribution in [2.24, 2.45) is 4.99 Å². The lowest BCUT2D eigenvalue weighted by atomic mass is 10.1. The first-order valence-electron chi connectivity index (χ1n) is 9.19. The van der Waals surface area contributed by atoms with E-state index in [4.69, 9.17) is 0 Å². The molecule has 0 heterocycles. The van der Waals surface area contributed by atoms with Gasteiger partial charge in [0.1, 0.15) is 6.61 Å². The predicted octanol–water partition coefficient (Wildman–Crippen LogP) is 3.16. The van der Waals surface area contributed by atoms with Crippen molar-refractivity contribution in [2.75, 3.05) is 40.3 Å². The first-order chi connectivity index (χ1) is 12.8. The van der Waals surface area contributed by atoms with Crippen LogP contribution in [0.1, 0.15) is 30.9 Å². The lowest BCUT2D eigenvalue weighted by molar-refractivity contribution is -0.176. The fourth-order valence-corrected chi connectivity index (χ4v) is 2.35. The lowest BCUT2D eigenvalue weighted by Crippen LogP contribution is -2.40. The van der Waals surface area contributed by atoms with Crippen LogP contribution in [0.4, 0.5) is 13.2 Å². The standard InChI is InChI=1S/C19H31F3N4O/c1-4-5-11-26(3)12-10-24-18(23-2)25-13-16-6-8-17(9-7-16)14-27-15-19(20,21)22/h6-9H,4-5,10-15H2,1-3H3,(H2,23,24,25). The van der Waals surface area contributed by atoms with Crippen molar-refractivity contribution in [3.8, 4) is 0 Å². The summed E-state index contributed by atoms with van der Waals surface area (Å²) in [5, 5.41) is 6.50. The molecule has 154 valence electrons. The summed E-state index contributed by atoms with van der Waals surface area (Å²) >= 11 is 0. The Morgan fingerprint density at radius 1 is 1.11 bits per heavy atom. The number of aliphatic imine (C=N–C) groups is 1. The maximum absolute atomic E-state index is 12.1. The van der Waals surface area contributed by atoms with Gasteiger partial charge in [-0.1, -0.05) is 37.6 Å². The van der Waals surface area contributed by atoms with Crippen molar-refractivity contribution in [1.82, 2.24) is 15.5 Å². The SMILES string of the molecule is CCCCN(C)CCNC(=NC)NCc1ccc(COCC(F)(F)F)cc1. The van der Waals surface area contributed by atoms with E-state index in [1.807, 2.05) is 12.1 Å². The second kappa shape index (κ2) is 12.6. The monoisotopic (exact) mass is 388 g/mol. The molecule has 0 aliphatic carbocycles. The number of nitrogens with one attached hydrogen (secondary N) is 2. The van der Waals surface area contributed by atoms with E-state index in [9.17, 15) is 13.2 Å². The maximum atomic E-state index is 12.1. The summed E-state index contributed by atoms with van der Waals surface area (Å²) in [6, 6.07) is 7.27. The van der Waals surface area contributed by atoms with E-state index in [0.717, 1.165) is 31.2 Å². The summed E-state index contributed by atoms with van der Waals surface area (Å²) < 4.78 is 40.9. The fourth-order valence-electron chi connectivity index (χ4n) is 2.35. The van der Waals surface area contributed by atoms with E-state index in [1.54, 1.807) is 19.2 Å². The van der Waals surface area contributed by atoms with Crippen LogP contribution >= 0.6 is 0 Å². The molecule has 0 amide bonds. The Hall–Kier alpha value is -1.80. The van der Waals surface area contributed by atoms with Gasteiger partial charge < -0.3 is 20.3 Å². The van der Waals surface area contributed by atoms with Crippen LogP contribution in [0.25, 0.3) is 0 Å². The number of benzene rings is 1. The molecule has 0 aromatic heterocycles. The number of alkyl halides is 3. The summed E-state index contributed by atoms with van der Waals surface area (Å²) in [4.78, 5) is 6.47. The van der Waals surface area contributed by atoms with Crippen LogP contribution < -0.4 is 10.6 Å². The van der Waals surface area contributed by atoms with Crippen LogP contribution in [0.15, 0.2) is 29.3 Å². The molecule has 0 aliphatic rings. The Labute approximate surface area is 160 Å². The summed E-state index contributed by atoms with van der Waals surface area (Å²) in [6.07, 6.45) is -1.91. The lowest BCUT2D eigenvalue weighted by Gasteiger charge is -2.18. The van der Waals surface area contributed by atoms with Crippen molar-refractivity contribution in [1.29, 1.82) is 0 Å². The van der Waals surface area contributed by atoms with Gasteiger partial charge in [-0.05, 0) is 31.1 Å². The average Bonchev–Trinajstić information content (AvgIpc) is 2.62. The topological polar surface area (TPSA) is 48.9 Å². The van der Waals surface area contributed by atoms with Gasteiger partial charge in [0.15, 0.2) is 5.96 Å². The van der Waals surface area contributed by atoms with E-state index in [-0.39, 0.29) is 6.61 Å². The summed E-state index contributed by atoms with van der Waals surface area (Å²) in [5.41, 5.74) is 1.72. The highest BCUT2D eigenvalue weighted by molar-refractivity contribution is 5.79. The van der Waals surface area contributed by atoms with E-state index < -0.39 is 12.8 Å². The number of ether oxygens (including phenoxy) is 1. The number of halogens is 3. The Balaban J connectivity index is 2.30. The van der Waals surface area contributed by atoms with Crippen LogP contribution in [0.2, 0.25) is 0 Å². The predicted molar refractivity (Wildman–Crippen MR) is 103 cm³/mol. The van der Waals surface area contributed by atoms with Crippen LogP contribution in [0.3, 0.4) is 0 Å². The number of nitrogens with zero attached hydrogens (tertiary/aromatic N) is 2. The van der Waals surface area contributed by atoms with Crippen LogP contribution in [-0.2, 0) is 17.9 Å². The van der Waals surface area contributed by atoms with Crippen LogP contribution in [-0.4, -0.2) is 57.4 Å². The first kappa shape index (κ1) is 23.2. The highest BCUT2D eigenvalue weighted by Gasteiger charge is 2.27. The molecule has 1 aromatic carbocycles. The van der Waals surface area contributed by atoms with Gasteiger partial charge in [0.25, 0.3) is 0 Å². The maximum Gasteiger partial charge on any atom is 0.411 e. The molecular formula is C19H31F3N4O. The second-order valence-electron chi connectivity index (χ2n) is 6.43. The number of hydrogen-bond acceptors (Lipinski definition) is 3. The Bertz CT molecular complexity index is 547. The molecule has 0 aliphatic heterocycles. The van der Waals surface area contributed by atoms with Crippen LogP contribution in [0.5, 0.6) is 0 Å². The van der Waals surface area contributed by atoms with Crippen molar-refractivity contribution in [2.45, 2.75) is 39.1 Å². The molecule has 0 atom stereocenters. The van der Waals surface area contributed by atoms with Gasteiger partial charge in [0.2, 0.25) is 0 Å². The molecule has 8 heteroatoms. The molecule has 0 unspecified atom stereocenters. The molecule has 0 saturated heterocycles. The van der Waals surface area contributed by atoms with Crippen LogP contribution in [0, 0.1) is 0 Å². The number of likely N-dealkylation sites (N-methyl/N-ethyl adjacent to an activating group) is 1. The van der Waals surface area contributed by atoms with E-state index in [1.165, 1.54) is 12.8 Å². The van der Waals surface area contributed by atoms with E-state index >= 15 is 0 Å². The largest absolute Gasteiger partial charge is 0.411 e. The molecule has 27 heavy (non-hydrogen) atoms. The number of unbranched alkanes of at least 4 members (excludes halogenated alkanes) is 1. The fraction of sp³-hybridized carbons (Fsp3) is 0.632. The van der Waals surface area contributed by atoms with Gasteiger partial charge in [-0.2, -0.15) is 13.2 Å². The molecule has 1 aromatic rings. The Kier molecular flexibility index (Phi) is 10.8. The number of guanidine groups is 1. The molecule has 2 N–H and O–H groups in total. The normalized spacial score (nSPS) is 12.5. The highest BCUT2D eigenvalue weighted by atomic mass is 19.4.